The number of ether oxygens (including phenoxy) is 1. The van der Waals surface area contributed by atoms with Gasteiger partial charge in [0.15, 0.2) is 0 Å². The van der Waals surface area contributed by atoms with E-state index in [2.05, 4.69) is 17.0 Å². The monoisotopic (exact) mass is 273 g/mol. The van der Waals surface area contributed by atoms with Crippen LogP contribution in [0.4, 0.5) is 0 Å². The zero-order valence-electron chi connectivity index (χ0n) is 11.3. The molecule has 3 rings (SSSR count). The molecule has 2 aromatic rings. The molecule has 1 aliphatic heterocycles. The van der Waals surface area contributed by atoms with Crippen molar-refractivity contribution in [3.8, 4) is 0 Å². The van der Waals surface area contributed by atoms with Crippen molar-refractivity contribution in [3.63, 3.8) is 0 Å². The molecule has 0 radical (unpaired) electrons. The molecule has 0 unspecified atom stereocenters. The maximum Gasteiger partial charge on any atom is 0.100 e. The van der Waals surface area contributed by atoms with Crippen molar-refractivity contribution in [2.75, 3.05) is 19.8 Å². The Hall–Kier alpha value is -1.62. The first-order valence-corrected chi connectivity index (χ1v) is 6.91. The number of furan rings is 1. The van der Waals surface area contributed by atoms with Gasteiger partial charge in [-0.05, 0) is 11.6 Å². The van der Waals surface area contributed by atoms with Crippen molar-refractivity contribution in [1.82, 2.24) is 4.90 Å². The molecule has 1 fully saturated rings. The summed E-state index contributed by atoms with van der Waals surface area (Å²) in [5.41, 5.74) is 2.32. The maximum absolute atomic E-state index is 9.60. The van der Waals surface area contributed by atoms with Crippen molar-refractivity contribution in [3.05, 3.63) is 60.1 Å². The normalized spacial score (nSPS) is 23.9. The van der Waals surface area contributed by atoms with Gasteiger partial charge in [0.1, 0.15) is 6.10 Å². The Bertz CT molecular complexity index is 512. The van der Waals surface area contributed by atoms with Crippen molar-refractivity contribution < 1.29 is 14.3 Å². The van der Waals surface area contributed by atoms with Gasteiger partial charge >= 0.3 is 0 Å². The number of rotatable bonds is 4. The third kappa shape index (κ3) is 2.77. The second-order valence-electron chi connectivity index (χ2n) is 5.05. The van der Waals surface area contributed by atoms with Gasteiger partial charge in [0.25, 0.3) is 0 Å². The minimum absolute atomic E-state index is 0.0292. The molecule has 1 aromatic heterocycles. The van der Waals surface area contributed by atoms with E-state index in [0.29, 0.717) is 6.61 Å². The number of benzene rings is 1. The topological polar surface area (TPSA) is 45.8 Å². The Balaban J connectivity index is 1.85. The summed E-state index contributed by atoms with van der Waals surface area (Å²) in [6, 6.07) is 12.3. The molecule has 1 aromatic carbocycles. The summed E-state index contributed by atoms with van der Waals surface area (Å²) in [7, 11) is 0. The van der Waals surface area contributed by atoms with Crippen LogP contribution >= 0.6 is 0 Å². The molecule has 0 amide bonds. The second-order valence-corrected chi connectivity index (χ2v) is 5.05. The summed E-state index contributed by atoms with van der Waals surface area (Å²) in [6.07, 6.45) is 3.28. The number of nitrogens with zero attached hydrogens (tertiary/aromatic N) is 1. The van der Waals surface area contributed by atoms with Gasteiger partial charge in [-0.3, -0.25) is 4.90 Å². The SMILES string of the molecule is OC[C@H]1OCCN(Cc2ccoc2)[C@@H]1c1ccccc1. The largest absolute Gasteiger partial charge is 0.472 e. The third-order valence-electron chi connectivity index (χ3n) is 3.74. The predicted molar refractivity (Wildman–Crippen MR) is 75.1 cm³/mol. The minimum Gasteiger partial charge on any atom is -0.472 e. The molecular weight excluding hydrogens is 254 g/mol. The minimum atomic E-state index is -0.182. The Morgan fingerprint density at radius 3 is 2.75 bits per heavy atom. The van der Waals surface area contributed by atoms with Crippen LogP contribution < -0.4 is 0 Å². The quantitative estimate of drug-likeness (QED) is 0.927. The Morgan fingerprint density at radius 2 is 2.05 bits per heavy atom. The molecule has 0 spiro atoms. The summed E-state index contributed by atoms with van der Waals surface area (Å²) < 4.78 is 10.9. The highest BCUT2D eigenvalue weighted by Gasteiger charge is 2.33. The molecule has 1 N–H and O–H groups in total. The molecule has 1 saturated heterocycles. The molecule has 0 saturated carbocycles. The summed E-state index contributed by atoms with van der Waals surface area (Å²) in [5.74, 6) is 0. The summed E-state index contributed by atoms with van der Waals surface area (Å²) in [6.45, 7) is 2.32. The van der Waals surface area contributed by atoms with Crippen LogP contribution in [-0.2, 0) is 11.3 Å². The fraction of sp³-hybridized carbons (Fsp3) is 0.375. The van der Waals surface area contributed by atoms with Gasteiger partial charge in [-0.25, -0.2) is 0 Å². The molecule has 0 bridgehead atoms. The van der Waals surface area contributed by atoms with Crippen LogP contribution in [0, 0.1) is 0 Å². The Labute approximate surface area is 118 Å². The lowest BCUT2D eigenvalue weighted by Gasteiger charge is -2.40. The fourth-order valence-corrected chi connectivity index (χ4v) is 2.81. The van der Waals surface area contributed by atoms with E-state index < -0.39 is 0 Å². The van der Waals surface area contributed by atoms with Crippen LogP contribution in [0.2, 0.25) is 0 Å². The van der Waals surface area contributed by atoms with E-state index in [4.69, 9.17) is 9.15 Å². The zero-order valence-corrected chi connectivity index (χ0v) is 11.3. The highest BCUT2D eigenvalue weighted by atomic mass is 16.5. The average molecular weight is 273 g/mol. The van der Waals surface area contributed by atoms with E-state index in [1.54, 1.807) is 12.5 Å². The summed E-state index contributed by atoms with van der Waals surface area (Å²) >= 11 is 0. The first-order valence-electron chi connectivity index (χ1n) is 6.91. The van der Waals surface area contributed by atoms with Crippen LogP contribution in [0.15, 0.2) is 53.3 Å². The molecule has 20 heavy (non-hydrogen) atoms. The van der Waals surface area contributed by atoms with Gasteiger partial charge in [-0.15, -0.1) is 0 Å². The molecule has 0 aliphatic carbocycles. The first-order chi connectivity index (χ1) is 9.88. The highest BCUT2D eigenvalue weighted by molar-refractivity contribution is 5.21. The van der Waals surface area contributed by atoms with E-state index in [1.165, 1.54) is 5.56 Å². The van der Waals surface area contributed by atoms with Gasteiger partial charge in [0.2, 0.25) is 0 Å². The number of hydrogen-bond donors (Lipinski definition) is 1. The smallest absolute Gasteiger partial charge is 0.100 e. The van der Waals surface area contributed by atoms with E-state index in [9.17, 15) is 5.11 Å². The predicted octanol–water partition coefficient (Wildman–Crippen LogP) is 2.21. The Kier molecular flexibility index (Phi) is 4.16. The molecule has 2 atom stereocenters. The molecule has 106 valence electrons. The van der Waals surface area contributed by atoms with Crippen molar-refractivity contribution in [2.24, 2.45) is 0 Å². The van der Waals surface area contributed by atoms with Gasteiger partial charge in [-0.1, -0.05) is 30.3 Å². The first kappa shape index (κ1) is 13.4. The molecule has 2 heterocycles. The lowest BCUT2D eigenvalue weighted by Crippen LogP contribution is -2.46. The standard InChI is InChI=1S/C16H19NO3/c18-11-15-16(14-4-2-1-3-5-14)17(7-9-20-15)10-13-6-8-19-12-13/h1-6,8,12,15-16,18H,7,9-11H2/t15-,16-/m1/s1. The van der Waals surface area contributed by atoms with Crippen molar-refractivity contribution in [2.45, 2.75) is 18.7 Å². The van der Waals surface area contributed by atoms with Crippen molar-refractivity contribution in [1.29, 1.82) is 0 Å². The zero-order chi connectivity index (χ0) is 13.8. The Morgan fingerprint density at radius 1 is 1.20 bits per heavy atom. The second kappa shape index (κ2) is 6.22. The maximum atomic E-state index is 9.60. The number of morpholine rings is 1. The lowest BCUT2D eigenvalue weighted by atomic mass is 9.98. The number of aliphatic hydroxyl groups is 1. The van der Waals surface area contributed by atoms with Gasteiger partial charge < -0.3 is 14.3 Å². The van der Waals surface area contributed by atoms with Crippen LogP contribution in [0.5, 0.6) is 0 Å². The van der Waals surface area contributed by atoms with Crippen LogP contribution in [-0.4, -0.2) is 35.9 Å². The number of hydrogen-bond acceptors (Lipinski definition) is 4. The summed E-state index contributed by atoms with van der Waals surface area (Å²) in [5, 5.41) is 9.60. The van der Waals surface area contributed by atoms with Gasteiger partial charge in [0, 0.05) is 18.7 Å². The molecule has 4 heteroatoms. The molecule has 4 nitrogen and oxygen atoms in total. The van der Waals surface area contributed by atoms with Crippen LogP contribution in [0.25, 0.3) is 0 Å². The van der Waals surface area contributed by atoms with Gasteiger partial charge in [-0.2, -0.15) is 0 Å². The van der Waals surface area contributed by atoms with E-state index >= 15 is 0 Å². The lowest BCUT2D eigenvalue weighted by molar-refractivity contribution is -0.0960. The van der Waals surface area contributed by atoms with E-state index in [-0.39, 0.29) is 18.8 Å². The van der Waals surface area contributed by atoms with E-state index in [0.717, 1.165) is 18.7 Å². The highest BCUT2D eigenvalue weighted by Crippen LogP contribution is 2.30. The molecular formula is C16H19NO3. The fourth-order valence-electron chi connectivity index (χ4n) is 2.81. The third-order valence-corrected chi connectivity index (χ3v) is 3.74. The van der Waals surface area contributed by atoms with E-state index in [1.807, 2.05) is 24.3 Å². The summed E-state index contributed by atoms with van der Waals surface area (Å²) in [4.78, 5) is 2.34. The number of aliphatic hydroxyl groups excluding tert-OH is 1. The van der Waals surface area contributed by atoms with Crippen LogP contribution in [0.3, 0.4) is 0 Å². The van der Waals surface area contributed by atoms with Crippen LogP contribution in [0.1, 0.15) is 17.2 Å². The average Bonchev–Trinajstić information content (AvgIpc) is 3.01. The molecule has 1 aliphatic rings. The van der Waals surface area contributed by atoms with Crippen molar-refractivity contribution >= 4 is 0 Å². The van der Waals surface area contributed by atoms with Gasteiger partial charge in [0.05, 0.1) is 31.8 Å².